The van der Waals surface area contributed by atoms with Crippen molar-refractivity contribution in [3.63, 3.8) is 0 Å². The van der Waals surface area contributed by atoms with Gasteiger partial charge < -0.3 is 14.6 Å². The molecule has 0 saturated carbocycles. The van der Waals surface area contributed by atoms with Gasteiger partial charge in [-0.05, 0) is 12.1 Å². The van der Waals surface area contributed by atoms with Gasteiger partial charge in [-0.25, -0.2) is 4.39 Å². The molecule has 1 aromatic heterocycles. The van der Waals surface area contributed by atoms with Crippen molar-refractivity contribution in [2.75, 3.05) is 19.7 Å². The Morgan fingerprint density at radius 3 is 3.10 bits per heavy atom. The number of hydrogen-bond acceptors (Lipinski definition) is 6. The average molecular weight is 295 g/mol. The van der Waals surface area contributed by atoms with Crippen LogP contribution in [0.5, 0.6) is 0 Å². The van der Waals surface area contributed by atoms with Gasteiger partial charge in [0.15, 0.2) is 5.82 Å². The lowest BCUT2D eigenvalue weighted by molar-refractivity contribution is 0.00755. The van der Waals surface area contributed by atoms with E-state index >= 15 is 0 Å². The molecule has 2 heterocycles. The van der Waals surface area contributed by atoms with Crippen LogP contribution in [0.25, 0.3) is 0 Å². The van der Waals surface area contributed by atoms with Gasteiger partial charge in [0, 0.05) is 18.0 Å². The van der Waals surface area contributed by atoms with Crippen LogP contribution in [0.15, 0.2) is 33.7 Å². The fraction of sp³-hybridized carbons (Fsp3) is 0.385. The van der Waals surface area contributed by atoms with E-state index in [-0.39, 0.29) is 11.9 Å². The zero-order chi connectivity index (χ0) is 13.8. The Kier molecular flexibility index (Phi) is 4.29. The molecule has 3 rings (SSSR count). The predicted octanol–water partition coefficient (Wildman–Crippen LogP) is 2.16. The molecule has 1 unspecified atom stereocenters. The summed E-state index contributed by atoms with van der Waals surface area (Å²) in [6.45, 7) is 2.13. The first-order valence-electron chi connectivity index (χ1n) is 6.35. The summed E-state index contributed by atoms with van der Waals surface area (Å²) in [5.41, 5.74) is 0. The highest BCUT2D eigenvalue weighted by Gasteiger charge is 2.22. The van der Waals surface area contributed by atoms with E-state index in [0.717, 1.165) is 6.54 Å². The third-order valence-electron chi connectivity index (χ3n) is 2.88. The molecule has 1 aliphatic heterocycles. The summed E-state index contributed by atoms with van der Waals surface area (Å²) >= 11 is 1.34. The van der Waals surface area contributed by atoms with E-state index in [1.54, 1.807) is 18.2 Å². The maximum absolute atomic E-state index is 13.5. The van der Waals surface area contributed by atoms with Gasteiger partial charge in [-0.2, -0.15) is 4.98 Å². The second kappa shape index (κ2) is 6.34. The van der Waals surface area contributed by atoms with Gasteiger partial charge in [0.05, 0.1) is 12.4 Å². The van der Waals surface area contributed by atoms with Crippen molar-refractivity contribution in [2.24, 2.45) is 0 Å². The van der Waals surface area contributed by atoms with Crippen molar-refractivity contribution in [1.29, 1.82) is 0 Å². The largest absolute Gasteiger partial charge is 0.366 e. The lowest BCUT2D eigenvalue weighted by Crippen LogP contribution is -2.33. The number of rotatable bonds is 4. The van der Waals surface area contributed by atoms with Crippen LogP contribution in [-0.2, 0) is 10.5 Å². The van der Waals surface area contributed by atoms with Crippen LogP contribution in [0, 0.1) is 5.82 Å². The Hall–Kier alpha value is -1.44. The van der Waals surface area contributed by atoms with E-state index in [2.05, 4.69) is 15.5 Å². The first kappa shape index (κ1) is 13.5. The summed E-state index contributed by atoms with van der Waals surface area (Å²) in [4.78, 5) is 4.87. The topological polar surface area (TPSA) is 60.2 Å². The third-order valence-corrected chi connectivity index (χ3v) is 3.92. The fourth-order valence-corrected chi connectivity index (χ4v) is 2.67. The average Bonchev–Trinajstić information content (AvgIpc) is 2.96. The Morgan fingerprint density at radius 1 is 1.40 bits per heavy atom. The van der Waals surface area contributed by atoms with Crippen LogP contribution in [0.1, 0.15) is 17.8 Å². The Labute approximate surface area is 119 Å². The number of nitrogens with zero attached hydrogens (tertiary/aromatic N) is 2. The zero-order valence-corrected chi connectivity index (χ0v) is 11.5. The van der Waals surface area contributed by atoms with Gasteiger partial charge in [-0.1, -0.05) is 17.3 Å². The minimum absolute atomic E-state index is 0.191. The predicted molar refractivity (Wildman–Crippen MR) is 71.8 cm³/mol. The highest BCUT2D eigenvalue weighted by molar-refractivity contribution is 7.98. The molecule has 1 aromatic carbocycles. The van der Waals surface area contributed by atoms with Crippen molar-refractivity contribution in [3.05, 3.63) is 41.8 Å². The third kappa shape index (κ3) is 3.17. The van der Waals surface area contributed by atoms with Crippen LogP contribution in [0.4, 0.5) is 4.39 Å². The molecule has 0 aliphatic carbocycles. The Morgan fingerprint density at radius 2 is 2.30 bits per heavy atom. The molecule has 1 saturated heterocycles. The van der Waals surface area contributed by atoms with Gasteiger partial charge in [0.1, 0.15) is 11.9 Å². The molecule has 1 atom stereocenters. The molecular weight excluding hydrogens is 281 g/mol. The SMILES string of the molecule is Fc1ccccc1SCc1noc(C2CNCCO2)n1. The molecule has 0 radical (unpaired) electrons. The quantitative estimate of drug-likeness (QED) is 0.872. The first-order valence-corrected chi connectivity index (χ1v) is 7.33. The number of morpholine rings is 1. The van der Waals surface area contributed by atoms with E-state index in [4.69, 9.17) is 9.26 Å². The number of ether oxygens (including phenoxy) is 1. The summed E-state index contributed by atoms with van der Waals surface area (Å²) in [5, 5.41) is 7.10. The van der Waals surface area contributed by atoms with Crippen LogP contribution < -0.4 is 5.32 Å². The van der Waals surface area contributed by atoms with E-state index in [1.807, 2.05) is 0 Å². The van der Waals surface area contributed by atoms with Crippen LogP contribution >= 0.6 is 11.8 Å². The summed E-state index contributed by atoms with van der Waals surface area (Å²) in [6, 6.07) is 6.63. The molecule has 20 heavy (non-hydrogen) atoms. The van der Waals surface area contributed by atoms with Crippen molar-refractivity contribution in [1.82, 2.24) is 15.5 Å². The van der Waals surface area contributed by atoms with Gasteiger partial charge in [0.2, 0.25) is 0 Å². The molecule has 106 valence electrons. The fourth-order valence-electron chi connectivity index (χ4n) is 1.89. The molecule has 1 aliphatic rings. The second-order valence-corrected chi connectivity index (χ2v) is 5.35. The first-order chi connectivity index (χ1) is 9.83. The van der Waals surface area contributed by atoms with E-state index in [9.17, 15) is 4.39 Å². The standard InChI is InChI=1S/C13H14FN3O2S/c14-9-3-1-2-4-11(9)20-8-12-16-13(19-17-12)10-7-15-5-6-18-10/h1-4,10,15H,5-8H2. The summed E-state index contributed by atoms with van der Waals surface area (Å²) in [7, 11) is 0. The van der Waals surface area contributed by atoms with Crippen molar-refractivity contribution >= 4 is 11.8 Å². The normalized spacial score (nSPS) is 19.1. The summed E-state index contributed by atoms with van der Waals surface area (Å²) in [6.07, 6.45) is -0.191. The number of nitrogens with one attached hydrogen (secondary N) is 1. The second-order valence-electron chi connectivity index (χ2n) is 4.33. The minimum Gasteiger partial charge on any atom is -0.366 e. The smallest absolute Gasteiger partial charge is 0.257 e. The summed E-state index contributed by atoms with van der Waals surface area (Å²) in [5.74, 6) is 1.25. The zero-order valence-electron chi connectivity index (χ0n) is 10.7. The number of benzene rings is 1. The van der Waals surface area contributed by atoms with Crippen LogP contribution in [-0.4, -0.2) is 29.8 Å². The van der Waals surface area contributed by atoms with Crippen LogP contribution in [0.2, 0.25) is 0 Å². The number of aromatic nitrogens is 2. The molecule has 1 N–H and O–H groups in total. The molecule has 0 bridgehead atoms. The molecule has 0 spiro atoms. The molecule has 0 amide bonds. The van der Waals surface area contributed by atoms with E-state index < -0.39 is 0 Å². The minimum atomic E-state index is -0.235. The maximum atomic E-state index is 13.5. The van der Waals surface area contributed by atoms with Crippen molar-refractivity contribution < 1.29 is 13.7 Å². The highest BCUT2D eigenvalue weighted by atomic mass is 32.2. The van der Waals surface area contributed by atoms with Crippen molar-refractivity contribution in [3.8, 4) is 0 Å². The maximum Gasteiger partial charge on any atom is 0.257 e. The van der Waals surface area contributed by atoms with E-state index in [0.29, 0.717) is 35.5 Å². The number of hydrogen-bond donors (Lipinski definition) is 1. The van der Waals surface area contributed by atoms with Crippen LogP contribution in [0.3, 0.4) is 0 Å². The Bertz CT molecular complexity index is 572. The number of halogens is 1. The van der Waals surface area contributed by atoms with Gasteiger partial charge in [-0.15, -0.1) is 11.8 Å². The molecule has 2 aromatic rings. The van der Waals surface area contributed by atoms with Gasteiger partial charge in [-0.3, -0.25) is 0 Å². The number of thioether (sulfide) groups is 1. The molecule has 7 heteroatoms. The molecular formula is C13H14FN3O2S. The Balaban J connectivity index is 1.61. The molecule has 1 fully saturated rings. The van der Waals surface area contributed by atoms with E-state index in [1.165, 1.54) is 17.8 Å². The lowest BCUT2D eigenvalue weighted by atomic mass is 10.3. The summed E-state index contributed by atoms with van der Waals surface area (Å²) < 4.78 is 24.2. The van der Waals surface area contributed by atoms with Gasteiger partial charge in [0.25, 0.3) is 5.89 Å². The highest BCUT2D eigenvalue weighted by Crippen LogP contribution is 2.25. The molecule has 5 nitrogen and oxygen atoms in total. The lowest BCUT2D eigenvalue weighted by Gasteiger charge is -2.19. The van der Waals surface area contributed by atoms with Gasteiger partial charge >= 0.3 is 0 Å². The monoisotopic (exact) mass is 295 g/mol. The van der Waals surface area contributed by atoms with Crippen molar-refractivity contribution in [2.45, 2.75) is 16.8 Å².